The number of esters is 1. The van der Waals surface area contributed by atoms with Crippen molar-refractivity contribution >= 4 is 16.9 Å². The van der Waals surface area contributed by atoms with Crippen LogP contribution in [-0.2, 0) is 15.7 Å². The third kappa shape index (κ3) is 2.62. The van der Waals surface area contributed by atoms with E-state index in [0.29, 0.717) is 23.9 Å². The van der Waals surface area contributed by atoms with Crippen LogP contribution < -0.4 is 10.6 Å². The van der Waals surface area contributed by atoms with Gasteiger partial charge in [-0.15, -0.1) is 0 Å². The number of carbonyl (C=O) groups is 1. The molecule has 2 fully saturated rings. The van der Waals surface area contributed by atoms with E-state index in [-0.39, 0.29) is 16.9 Å². The van der Waals surface area contributed by atoms with E-state index in [9.17, 15) is 22.8 Å². The lowest BCUT2D eigenvalue weighted by Gasteiger charge is -2.20. The minimum absolute atomic E-state index is 0.00225. The molecule has 2 aromatic rings. The zero-order chi connectivity index (χ0) is 18.6. The Balaban J connectivity index is 1.85. The van der Waals surface area contributed by atoms with E-state index in [1.54, 1.807) is 6.07 Å². The minimum Gasteiger partial charge on any atom is -0.460 e. The highest BCUT2D eigenvalue weighted by atomic mass is 19.4. The number of benzene rings is 1. The first-order chi connectivity index (χ1) is 12.3. The summed E-state index contributed by atoms with van der Waals surface area (Å²) in [6, 6.07) is 5.25. The molecule has 1 aliphatic carbocycles. The van der Waals surface area contributed by atoms with Gasteiger partial charge in [-0.3, -0.25) is 14.6 Å². The number of alkyl halides is 3. The van der Waals surface area contributed by atoms with E-state index >= 15 is 0 Å². The summed E-state index contributed by atoms with van der Waals surface area (Å²) in [4.78, 5) is 27.8. The topological polar surface area (TPSA) is 64.2 Å². The molecule has 1 aliphatic heterocycles. The molecule has 0 spiro atoms. The van der Waals surface area contributed by atoms with Gasteiger partial charge in [-0.25, -0.2) is 4.98 Å². The van der Waals surface area contributed by atoms with Gasteiger partial charge in [0.2, 0.25) is 5.82 Å². The molecule has 0 N–H and O–H groups in total. The zero-order valence-corrected chi connectivity index (χ0v) is 13.9. The average Bonchev–Trinajstić information content (AvgIpc) is 3.29. The summed E-state index contributed by atoms with van der Waals surface area (Å²) in [5.41, 5.74) is -0.763. The molecule has 0 bridgehead atoms. The summed E-state index contributed by atoms with van der Waals surface area (Å²) in [7, 11) is 0. The lowest BCUT2D eigenvalue weighted by molar-refractivity contribution is -0.149. The highest BCUT2D eigenvalue weighted by Gasteiger charge is 2.58. The van der Waals surface area contributed by atoms with E-state index in [2.05, 4.69) is 4.98 Å². The van der Waals surface area contributed by atoms with Gasteiger partial charge in [0.15, 0.2) is 0 Å². The third-order valence-corrected chi connectivity index (χ3v) is 4.87. The van der Waals surface area contributed by atoms with E-state index in [1.165, 1.54) is 30.1 Å². The maximum atomic E-state index is 13.6. The zero-order valence-electron chi connectivity index (χ0n) is 13.9. The van der Waals surface area contributed by atoms with Crippen molar-refractivity contribution in [3.05, 3.63) is 40.4 Å². The second-order valence-corrected chi connectivity index (χ2v) is 6.58. The van der Waals surface area contributed by atoms with Crippen molar-refractivity contribution in [2.24, 2.45) is 0 Å². The molecular formula is C17H16F3N3O3. The van der Waals surface area contributed by atoms with Crippen LogP contribution in [0.5, 0.6) is 0 Å². The van der Waals surface area contributed by atoms with Crippen molar-refractivity contribution in [2.45, 2.75) is 50.6 Å². The largest absolute Gasteiger partial charge is 0.460 e. The van der Waals surface area contributed by atoms with Gasteiger partial charge in [0.05, 0.1) is 16.9 Å². The number of halogens is 3. The molecule has 2 aliphatic rings. The second kappa shape index (κ2) is 5.72. The van der Waals surface area contributed by atoms with Gasteiger partial charge in [-0.05, 0) is 31.4 Å². The molecule has 3 atom stereocenters. The summed E-state index contributed by atoms with van der Waals surface area (Å²) in [5.74, 6) is -1.74. The Bertz CT molecular complexity index is 940. The minimum atomic E-state index is -4.79. The molecule has 138 valence electrons. The van der Waals surface area contributed by atoms with Crippen molar-refractivity contribution in [3.63, 3.8) is 0 Å². The predicted octanol–water partition coefficient (Wildman–Crippen LogP) is 2.22. The monoisotopic (exact) mass is 367 g/mol. The molecular weight excluding hydrogens is 351 g/mol. The number of para-hydroxylation sites is 1. The van der Waals surface area contributed by atoms with Crippen LogP contribution in [0.2, 0.25) is 0 Å². The fourth-order valence-corrected chi connectivity index (χ4v) is 3.85. The molecule has 0 unspecified atom stereocenters. The fraction of sp³-hybridized carbons (Fsp3) is 0.471. The van der Waals surface area contributed by atoms with Crippen LogP contribution in [0, 0.1) is 0 Å². The van der Waals surface area contributed by atoms with Crippen molar-refractivity contribution in [2.75, 3.05) is 5.01 Å². The molecule has 4 rings (SSSR count). The third-order valence-electron chi connectivity index (χ3n) is 4.87. The Hall–Kier alpha value is -2.58. The van der Waals surface area contributed by atoms with Gasteiger partial charge >= 0.3 is 12.1 Å². The number of aromatic nitrogens is 2. The number of rotatable bonds is 2. The summed E-state index contributed by atoms with van der Waals surface area (Å²) in [6.45, 7) is 1.27. The van der Waals surface area contributed by atoms with Crippen LogP contribution >= 0.6 is 0 Å². The molecule has 2 heterocycles. The van der Waals surface area contributed by atoms with Gasteiger partial charge in [0.1, 0.15) is 12.1 Å². The Kier molecular flexibility index (Phi) is 3.71. The second-order valence-electron chi connectivity index (χ2n) is 6.58. The Labute approximate surface area is 146 Å². The molecule has 1 saturated carbocycles. The van der Waals surface area contributed by atoms with Crippen LogP contribution in [0.1, 0.15) is 32.0 Å². The van der Waals surface area contributed by atoms with Crippen molar-refractivity contribution < 1.29 is 22.7 Å². The summed E-state index contributed by atoms with van der Waals surface area (Å²) >= 11 is 0. The fourth-order valence-electron chi connectivity index (χ4n) is 3.85. The number of hydrogen-bond donors (Lipinski definition) is 0. The van der Waals surface area contributed by atoms with Gasteiger partial charge in [0, 0.05) is 6.92 Å². The van der Waals surface area contributed by atoms with Crippen LogP contribution in [0.4, 0.5) is 13.2 Å². The highest BCUT2D eigenvalue weighted by Crippen LogP contribution is 2.41. The average molecular weight is 367 g/mol. The Morgan fingerprint density at radius 1 is 1.27 bits per heavy atom. The maximum absolute atomic E-state index is 13.6. The van der Waals surface area contributed by atoms with Gasteiger partial charge in [-0.2, -0.15) is 17.8 Å². The number of carbonyl (C=O) groups excluding carboxylic acids is 1. The number of fused-ring (bicyclic) bond motifs is 2. The molecule has 26 heavy (non-hydrogen) atoms. The van der Waals surface area contributed by atoms with Gasteiger partial charge in [-0.1, -0.05) is 12.1 Å². The SMILES string of the molecule is CC(=O)O[C@@H]1CCC[C@@H]2[C@H]1N2n1c(C(F)(F)F)nc2ccccc2c1=O. The smallest absolute Gasteiger partial charge is 0.451 e. The van der Waals surface area contributed by atoms with Gasteiger partial charge < -0.3 is 4.74 Å². The Morgan fingerprint density at radius 2 is 2.00 bits per heavy atom. The first kappa shape index (κ1) is 16.9. The summed E-state index contributed by atoms with van der Waals surface area (Å²) in [6.07, 6.45) is -3.39. The lowest BCUT2D eigenvalue weighted by atomic mass is 9.98. The van der Waals surface area contributed by atoms with E-state index in [4.69, 9.17) is 4.74 Å². The first-order valence-electron chi connectivity index (χ1n) is 8.34. The van der Waals surface area contributed by atoms with Crippen molar-refractivity contribution in [3.8, 4) is 0 Å². The Morgan fingerprint density at radius 3 is 2.69 bits per heavy atom. The lowest BCUT2D eigenvalue weighted by Crippen LogP contribution is -2.39. The molecule has 1 aromatic carbocycles. The predicted molar refractivity (Wildman–Crippen MR) is 86.2 cm³/mol. The molecule has 1 saturated heterocycles. The van der Waals surface area contributed by atoms with Crippen LogP contribution in [-0.4, -0.2) is 33.8 Å². The van der Waals surface area contributed by atoms with Gasteiger partial charge in [0.25, 0.3) is 5.56 Å². The van der Waals surface area contributed by atoms with Crippen molar-refractivity contribution in [1.29, 1.82) is 0 Å². The van der Waals surface area contributed by atoms with E-state index < -0.39 is 35.7 Å². The normalized spacial score (nSPS) is 25.1. The summed E-state index contributed by atoms with van der Waals surface area (Å²) < 4.78 is 46.7. The molecule has 9 heteroatoms. The van der Waals surface area contributed by atoms with Crippen LogP contribution in [0.3, 0.4) is 0 Å². The number of ether oxygens (including phenoxy) is 1. The summed E-state index contributed by atoms with van der Waals surface area (Å²) in [5, 5.41) is 1.48. The van der Waals surface area contributed by atoms with E-state index in [1.807, 2.05) is 0 Å². The van der Waals surface area contributed by atoms with E-state index in [0.717, 1.165) is 0 Å². The number of nitrogens with zero attached hydrogens (tertiary/aromatic N) is 3. The maximum Gasteiger partial charge on any atom is 0.451 e. The molecule has 6 nitrogen and oxygen atoms in total. The highest BCUT2D eigenvalue weighted by molar-refractivity contribution is 5.77. The first-order valence-corrected chi connectivity index (χ1v) is 8.34. The van der Waals surface area contributed by atoms with Crippen molar-refractivity contribution in [1.82, 2.24) is 9.66 Å². The molecule has 0 amide bonds. The number of hydrogen-bond acceptors (Lipinski definition) is 5. The standard InChI is InChI=1S/C17H16F3N3O3/c1-9(24)26-13-8-4-7-12-14(13)22(12)23-15(25)10-5-2-3-6-11(10)21-16(23)17(18,19)20/h2-3,5-6,12-14H,4,7-8H2,1H3/t12-,13-,14-,22?/m1/s1. The molecule has 1 aromatic heterocycles. The van der Waals surface area contributed by atoms with Crippen LogP contribution in [0.25, 0.3) is 10.9 Å². The quantitative estimate of drug-likeness (QED) is 0.602. The van der Waals surface area contributed by atoms with Crippen LogP contribution in [0.15, 0.2) is 29.1 Å². The molecule has 0 radical (unpaired) electrons.